The SMILES string of the molecule is Cc1ccc(-n2c(C)cc(/C=N\NC(=O)CN(c3cccc(Cl)c3Cl)S(=O)(=O)c3ccccc3)c2C)cc1C. The van der Waals surface area contributed by atoms with Gasteiger partial charge in [-0.2, -0.15) is 5.10 Å². The number of aryl methyl sites for hydroxylation is 3. The fourth-order valence-corrected chi connectivity index (χ4v) is 6.13. The van der Waals surface area contributed by atoms with Gasteiger partial charge in [-0.25, -0.2) is 13.8 Å². The average molecular weight is 584 g/mol. The standard InChI is InChI=1S/C29H28Cl2N4O3S/c1-19-13-14-24(15-20(19)2)35-21(3)16-23(22(35)4)17-32-33-28(36)18-34(27-12-8-11-26(30)29(27)31)39(37,38)25-9-6-5-7-10-25/h5-17H,18H2,1-4H3,(H,33,36)/b32-17-. The van der Waals surface area contributed by atoms with Gasteiger partial charge < -0.3 is 4.57 Å². The van der Waals surface area contributed by atoms with E-state index in [1.54, 1.807) is 36.5 Å². The molecule has 0 aliphatic heterocycles. The van der Waals surface area contributed by atoms with E-state index in [0.29, 0.717) is 0 Å². The largest absolute Gasteiger partial charge is 0.318 e. The highest BCUT2D eigenvalue weighted by Crippen LogP contribution is 2.35. The number of hydrogen-bond acceptors (Lipinski definition) is 4. The van der Waals surface area contributed by atoms with Crippen LogP contribution in [0.25, 0.3) is 5.69 Å². The topological polar surface area (TPSA) is 83.8 Å². The second-order valence-corrected chi connectivity index (χ2v) is 11.8. The molecule has 1 heterocycles. The molecule has 3 aromatic carbocycles. The summed E-state index contributed by atoms with van der Waals surface area (Å²) in [5.41, 5.74) is 8.76. The molecule has 7 nitrogen and oxygen atoms in total. The number of nitrogens with zero attached hydrogens (tertiary/aromatic N) is 3. The predicted molar refractivity (Wildman–Crippen MR) is 158 cm³/mol. The molecule has 0 aliphatic carbocycles. The van der Waals surface area contributed by atoms with Gasteiger partial charge in [-0.1, -0.05) is 53.5 Å². The van der Waals surface area contributed by atoms with Crippen molar-refractivity contribution in [2.75, 3.05) is 10.8 Å². The minimum atomic E-state index is -4.14. The zero-order valence-corrected chi connectivity index (χ0v) is 24.3. The summed E-state index contributed by atoms with van der Waals surface area (Å²) in [7, 11) is -4.14. The van der Waals surface area contributed by atoms with E-state index >= 15 is 0 Å². The highest BCUT2D eigenvalue weighted by Gasteiger charge is 2.29. The molecule has 1 N–H and O–H groups in total. The van der Waals surface area contributed by atoms with Crippen LogP contribution in [0.15, 0.2) is 82.8 Å². The normalized spacial score (nSPS) is 11.6. The molecule has 0 aliphatic rings. The first-order valence-corrected chi connectivity index (χ1v) is 14.3. The van der Waals surface area contributed by atoms with Crippen LogP contribution >= 0.6 is 23.2 Å². The van der Waals surface area contributed by atoms with Gasteiger partial charge in [0.2, 0.25) is 0 Å². The molecule has 10 heteroatoms. The number of hydrogen-bond donors (Lipinski definition) is 1. The summed E-state index contributed by atoms with van der Waals surface area (Å²) in [6.07, 6.45) is 1.54. The number of amides is 1. The van der Waals surface area contributed by atoms with Gasteiger partial charge in [0.15, 0.2) is 0 Å². The van der Waals surface area contributed by atoms with Gasteiger partial charge in [0.25, 0.3) is 15.9 Å². The van der Waals surface area contributed by atoms with Crippen molar-refractivity contribution in [3.63, 3.8) is 0 Å². The van der Waals surface area contributed by atoms with E-state index in [1.165, 1.54) is 29.3 Å². The maximum atomic E-state index is 13.5. The lowest BCUT2D eigenvalue weighted by atomic mass is 10.1. The molecule has 0 unspecified atom stereocenters. The molecule has 1 amide bonds. The Hall–Kier alpha value is -3.59. The summed E-state index contributed by atoms with van der Waals surface area (Å²) in [4.78, 5) is 12.9. The van der Waals surface area contributed by atoms with Crippen molar-refractivity contribution < 1.29 is 13.2 Å². The maximum Gasteiger partial charge on any atom is 0.264 e. The monoisotopic (exact) mass is 582 g/mol. The van der Waals surface area contributed by atoms with Crippen LogP contribution in [-0.4, -0.2) is 31.7 Å². The molecule has 0 saturated heterocycles. The summed E-state index contributed by atoms with van der Waals surface area (Å²) < 4.78 is 30.0. The number of benzene rings is 3. The van der Waals surface area contributed by atoms with E-state index in [-0.39, 0.29) is 20.6 Å². The lowest BCUT2D eigenvalue weighted by molar-refractivity contribution is -0.119. The van der Waals surface area contributed by atoms with Crippen molar-refractivity contribution >= 4 is 51.0 Å². The fraction of sp³-hybridized carbons (Fsp3) is 0.172. The molecule has 0 spiro atoms. The van der Waals surface area contributed by atoms with Gasteiger partial charge >= 0.3 is 0 Å². The number of nitrogens with one attached hydrogen (secondary N) is 1. The molecular weight excluding hydrogens is 555 g/mol. The number of carbonyl (C=O) groups excluding carboxylic acids is 1. The van der Waals surface area contributed by atoms with E-state index < -0.39 is 22.5 Å². The third-order valence-electron chi connectivity index (χ3n) is 6.43. The predicted octanol–water partition coefficient (Wildman–Crippen LogP) is 6.36. The summed E-state index contributed by atoms with van der Waals surface area (Å²) in [6, 6.07) is 20.6. The number of hydrazone groups is 1. The second-order valence-electron chi connectivity index (χ2n) is 9.12. The van der Waals surface area contributed by atoms with Crippen LogP contribution in [-0.2, 0) is 14.8 Å². The first-order chi connectivity index (χ1) is 18.5. The maximum absolute atomic E-state index is 13.5. The van der Waals surface area contributed by atoms with E-state index in [9.17, 15) is 13.2 Å². The van der Waals surface area contributed by atoms with Gasteiger partial charge in [0.1, 0.15) is 6.54 Å². The van der Waals surface area contributed by atoms with Crippen LogP contribution in [0, 0.1) is 27.7 Å². The van der Waals surface area contributed by atoms with Gasteiger partial charge in [-0.3, -0.25) is 9.10 Å². The first kappa shape index (κ1) is 28.4. The highest BCUT2D eigenvalue weighted by atomic mass is 35.5. The van der Waals surface area contributed by atoms with Gasteiger partial charge in [-0.05, 0) is 81.3 Å². The lowest BCUT2D eigenvalue weighted by Gasteiger charge is -2.24. The van der Waals surface area contributed by atoms with Crippen LogP contribution in [0.4, 0.5) is 5.69 Å². The lowest BCUT2D eigenvalue weighted by Crippen LogP contribution is -2.39. The first-order valence-electron chi connectivity index (χ1n) is 12.1. The summed E-state index contributed by atoms with van der Waals surface area (Å²) in [6.45, 7) is 7.56. The van der Waals surface area contributed by atoms with Crippen LogP contribution in [0.5, 0.6) is 0 Å². The van der Waals surface area contributed by atoms with Crippen molar-refractivity contribution in [2.45, 2.75) is 32.6 Å². The molecule has 0 radical (unpaired) electrons. The molecule has 0 bridgehead atoms. The average Bonchev–Trinajstić information content (AvgIpc) is 3.19. The minimum absolute atomic E-state index is 0.0103. The van der Waals surface area contributed by atoms with Crippen LogP contribution in [0.2, 0.25) is 10.0 Å². The molecule has 39 heavy (non-hydrogen) atoms. The number of carbonyl (C=O) groups is 1. The van der Waals surface area contributed by atoms with Gasteiger partial charge in [0, 0.05) is 22.6 Å². The number of sulfonamides is 1. The van der Waals surface area contributed by atoms with E-state index in [1.807, 2.05) is 19.9 Å². The van der Waals surface area contributed by atoms with Crippen molar-refractivity contribution in [3.05, 3.63) is 111 Å². The summed E-state index contributed by atoms with van der Waals surface area (Å²) >= 11 is 12.5. The zero-order valence-electron chi connectivity index (χ0n) is 21.9. The van der Waals surface area contributed by atoms with Crippen LogP contribution < -0.4 is 9.73 Å². The zero-order chi connectivity index (χ0) is 28.3. The number of rotatable bonds is 8. The Kier molecular flexibility index (Phi) is 8.49. The Morgan fingerprint density at radius 1 is 0.949 bits per heavy atom. The Morgan fingerprint density at radius 3 is 2.36 bits per heavy atom. The minimum Gasteiger partial charge on any atom is -0.318 e. The molecule has 4 aromatic rings. The summed E-state index contributed by atoms with van der Waals surface area (Å²) in [5.74, 6) is -0.648. The smallest absolute Gasteiger partial charge is 0.264 e. The van der Waals surface area contributed by atoms with Crippen molar-refractivity contribution in [3.8, 4) is 5.69 Å². The van der Waals surface area contributed by atoms with E-state index in [4.69, 9.17) is 23.2 Å². The van der Waals surface area contributed by atoms with Crippen molar-refractivity contribution in [1.29, 1.82) is 0 Å². The quantitative estimate of drug-likeness (QED) is 0.194. The third kappa shape index (κ3) is 6.03. The van der Waals surface area contributed by atoms with E-state index in [0.717, 1.165) is 26.9 Å². The van der Waals surface area contributed by atoms with Crippen LogP contribution in [0.3, 0.4) is 0 Å². The molecule has 202 valence electrons. The molecular formula is C29H28Cl2N4O3S. The molecule has 0 atom stereocenters. The second kappa shape index (κ2) is 11.7. The molecule has 4 rings (SSSR count). The molecule has 0 saturated carbocycles. The Labute approximate surface area is 238 Å². The van der Waals surface area contributed by atoms with Gasteiger partial charge in [0.05, 0.1) is 26.8 Å². The Morgan fingerprint density at radius 2 is 1.67 bits per heavy atom. The van der Waals surface area contributed by atoms with Crippen LogP contribution in [0.1, 0.15) is 28.1 Å². The molecule has 1 aromatic heterocycles. The van der Waals surface area contributed by atoms with Crippen molar-refractivity contribution in [2.24, 2.45) is 5.10 Å². The highest BCUT2D eigenvalue weighted by molar-refractivity contribution is 7.92. The third-order valence-corrected chi connectivity index (χ3v) is 9.01. The summed E-state index contributed by atoms with van der Waals surface area (Å²) in [5, 5.41) is 4.29. The van der Waals surface area contributed by atoms with E-state index in [2.05, 4.69) is 47.1 Å². The van der Waals surface area contributed by atoms with Crippen molar-refractivity contribution in [1.82, 2.24) is 9.99 Å². The number of anilines is 1. The number of halogens is 2. The Bertz CT molecular complexity index is 1670. The van der Waals surface area contributed by atoms with Gasteiger partial charge in [-0.15, -0.1) is 0 Å². The Balaban J connectivity index is 1.58. The fourth-order valence-electron chi connectivity index (χ4n) is 4.22. The molecule has 0 fully saturated rings. The number of aromatic nitrogens is 1.